The van der Waals surface area contributed by atoms with Crippen LogP contribution in [0.1, 0.15) is 41.0 Å². The summed E-state index contributed by atoms with van der Waals surface area (Å²) in [6.45, 7) is 0.288. The van der Waals surface area contributed by atoms with E-state index in [1.165, 1.54) is 11.1 Å². The Bertz CT molecular complexity index is 915. The molecule has 1 atom stereocenters. The molecule has 0 unspecified atom stereocenters. The number of hydrogen-bond acceptors (Lipinski definition) is 2. The molecule has 0 heterocycles. The zero-order chi connectivity index (χ0) is 20.1. The average molecular weight is 386 g/mol. The highest BCUT2D eigenvalue weighted by Crippen LogP contribution is 2.30. The summed E-state index contributed by atoms with van der Waals surface area (Å²) in [5.74, 6) is -0.0332. The fourth-order valence-electron chi connectivity index (χ4n) is 4.25. The van der Waals surface area contributed by atoms with E-state index in [1.807, 2.05) is 48.5 Å². The number of rotatable bonds is 6. The lowest BCUT2D eigenvalue weighted by molar-refractivity contribution is -0.122. The van der Waals surface area contributed by atoms with Gasteiger partial charge in [-0.25, -0.2) is 0 Å². The maximum atomic E-state index is 12.8. The Morgan fingerprint density at radius 3 is 2.03 bits per heavy atom. The number of aliphatic hydroxyl groups is 1. The van der Waals surface area contributed by atoms with E-state index in [2.05, 4.69) is 41.7 Å². The Kier molecular flexibility index (Phi) is 5.77. The van der Waals surface area contributed by atoms with Crippen molar-refractivity contribution in [2.45, 2.75) is 37.2 Å². The molecule has 1 aliphatic carbocycles. The summed E-state index contributed by atoms with van der Waals surface area (Å²) in [7, 11) is 0. The molecule has 0 aromatic heterocycles. The molecule has 1 amide bonds. The van der Waals surface area contributed by atoms with E-state index in [9.17, 15) is 9.90 Å². The summed E-state index contributed by atoms with van der Waals surface area (Å²) in [6.07, 6.45) is 2.47. The second-order valence-corrected chi connectivity index (χ2v) is 8.02. The summed E-state index contributed by atoms with van der Waals surface area (Å²) in [6, 6.07) is 28.5. The molecule has 0 spiro atoms. The highest BCUT2D eigenvalue weighted by atomic mass is 16.3. The van der Waals surface area contributed by atoms with Gasteiger partial charge in [-0.3, -0.25) is 4.79 Å². The van der Waals surface area contributed by atoms with Crippen LogP contribution in [-0.2, 0) is 17.6 Å². The topological polar surface area (TPSA) is 49.3 Å². The quantitative estimate of drug-likeness (QED) is 0.667. The zero-order valence-electron chi connectivity index (χ0n) is 16.6. The van der Waals surface area contributed by atoms with Crippen molar-refractivity contribution in [2.24, 2.45) is 0 Å². The van der Waals surface area contributed by atoms with Crippen LogP contribution in [0.4, 0.5) is 0 Å². The minimum atomic E-state index is -0.876. The van der Waals surface area contributed by atoms with Crippen LogP contribution in [0.5, 0.6) is 0 Å². The van der Waals surface area contributed by atoms with Gasteiger partial charge in [0.1, 0.15) is 0 Å². The van der Waals surface area contributed by atoms with E-state index in [4.69, 9.17) is 0 Å². The molecule has 0 bridgehead atoms. The number of amides is 1. The van der Waals surface area contributed by atoms with Gasteiger partial charge in [0.2, 0.25) is 5.91 Å². The van der Waals surface area contributed by atoms with Crippen molar-refractivity contribution >= 4 is 5.91 Å². The van der Waals surface area contributed by atoms with Crippen molar-refractivity contribution in [3.8, 4) is 0 Å². The SMILES string of the molecule is O=C(CC(c1ccccc1)c1ccccc1)NC[C@@]1(O)CCc2ccccc2C1. The van der Waals surface area contributed by atoms with Gasteiger partial charge in [0.05, 0.1) is 5.60 Å². The van der Waals surface area contributed by atoms with Gasteiger partial charge in [-0.15, -0.1) is 0 Å². The van der Waals surface area contributed by atoms with Crippen molar-refractivity contribution in [1.29, 1.82) is 0 Å². The highest BCUT2D eigenvalue weighted by molar-refractivity contribution is 5.77. The van der Waals surface area contributed by atoms with Gasteiger partial charge < -0.3 is 10.4 Å². The van der Waals surface area contributed by atoms with Crippen molar-refractivity contribution < 1.29 is 9.90 Å². The van der Waals surface area contributed by atoms with Crippen molar-refractivity contribution in [3.05, 3.63) is 107 Å². The molecule has 3 nitrogen and oxygen atoms in total. The predicted octanol–water partition coefficient (Wildman–Crippen LogP) is 4.24. The number of carbonyl (C=O) groups excluding carboxylic acids is 1. The van der Waals surface area contributed by atoms with Crippen molar-refractivity contribution in [2.75, 3.05) is 6.54 Å². The summed E-state index contributed by atoms with van der Waals surface area (Å²) < 4.78 is 0. The molecule has 0 fully saturated rings. The first-order valence-corrected chi connectivity index (χ1v) is 10.3. The van der Waals surface area contributed by atoms with Gasteiger partial charge in [-0.1, -0.05) is 84.9 Å². The normalized spacial score (nSPS) is 18.3. The maximum absolute atomic E-state index is 12.8. The number of nitrogens with one attached hydrogen (secondary N) is 1. The van der Waals surface area contributed by atoms with Crippen LogP contribution in [0.2, 0.25) is 0 Å². The third-order valence-corrected chi connectivity index (χ3v) is 5.91. The lowest BCUT2D eigenvalue weighted by Crippen LogP contribution is -2.47. The van der Waals surface area contributed by atoms with E-state index in [0.29, 0.717) is 19.3 Å². The van der Waals surface area contributed by atoms with Crippen LogP contribution >= 0.6 is 0 Å². The van der Waals surface area contributed by atoms with Crippen molar-refractivity contribution in [3.63, 3.8) is 0 Å². The summed E-state index contributed by atoms with van der Waals surface area (Å²) in [4.78, 5) is 12.8. The highest BCUT2D eigenvalue weighted by Gasteiger charge is 2.32. The first-order valence-electron chi connectivity index (χ1n) is 10.3. The summed E-state index contributed by atoms with van der Waals surface area (Å²) in [5.41, 5.74) is 3.86. The number of fused-ring (bicyclic) bond motifs is 1. The molecule has 3 aromatic rings. The molecular weight excluding hydrogens is 358 g/mol. The van der Waals surface area contributed by atoms with Gasteiger partial charge in [-0.05, 0) is 35.1 Å². The Balaban J connectivity index is 1.42. The molecular formula is C26H27NO2. The fraction of sp³-hybridized carbons (Fsp3) is 0.269. The van der Waals surface area contributed by atoms with Crippen LogP contribution in [-0.4, -0.2) is 23.2 Å². The van der Waals surface area contributed by atoms with Gasteiger partial charge in [0, 0.05) is 25.3 Å². The molecule has 0 saturated carbocycles. The zero-order valence-corrected chi connectivity index (χ0v) is 16.6. The number of hydrogen-bond donors (Lipinski definition) is 2. The van der Waals surface area contributed by atoms with E-state index < -0.39 is 5.60 Å². The van der Waals surface area contributed by atoms with Gasteiger partial charge in [-0.2, -0.15) is 0 Å². The summed E-state index contributed by atoms with van der Waals surface area (Å²) >= 11 is 0. The van der Waals surface area contributed by atoms with Crippen LogP contribution in [0.3, 0.4) is 0 Å². The van der Waals surface area contributed by atoms with Crippen LogP contribution in [0, 0.1) is 0 Å². The molecule has 0 saturated heterocycles. The van der Waals surface area contributed by atoms with E-state index >= 15 is 0 Å². The lowest BCUT2D eigenvalue weighted by atomic mass is 9.80. The number of benzene rings is 3. The first-order chi connectivity index (χ1) is 14.1. The second kappa shape index (κ2) is 8.62. The lowest BCUT2D eigenvalue weighted by Gasteiger charge is -2.33. The van der Waals surface area contributed by atoms with Crippen LogP contribution < -0.4 is 5.32 Å². The minimum absolute atomic E-state index is 0.000810. The van der Waals surface area contributed by atoms with Crippen LogP contribution in [0.25, 0.3) is 0 Å². The first kappa shape index (κ1) is 19.4. The average Bonchev–Trinajstić information content (AvgIpc) is 2.77. The molecule has 0 radical (unpaired) electrons. The molecule has 0 aliphatic heterocycles. The Hall–Kier alpha value is -2.91. The number of carbonyl (C=O) groups is 1. The number of aryl methyl sites for hydroxylation is 1. The summed E-state index contributed by atoms with van der Waals surface area (Å²) in [5, 5.41) is 14.0. The maximum Gasteiger partial charge on any atom is 0.221 e. The molecule has 1 aliphatic rings. The molecule has 3 heteroatoms. The van der Waals surface area contributed by atoms with Crippen molar-refractivity contribution in [1.82, 2.24) is 5.32 Å². The fourth-order valence-corrected chi connectivity index (χ4v) is 4.25. The standard InChI is InChI=1S/C26H27NO2/c28-25(27-19-26(29)16-15-20-9-7-8-14-23(20)18-26)17-24(21-10-3-1-4-11-21)22-12-5-2-6-13-22/h1-14,24,29H,15-19H2,(H,27,28)/t26-/m1/s1. The molecule has 148 valence electrons. The van der Waals surface area contributed by atoms with Gasteiger partial charge in [0.15, 0.2) is 0 Å². The third-order valence-electron chi connectivity index (χ3n) is 5.91. The molecule has 29 heavy (non-hydrogen) atoms. The van der Waals surface area contributed by atoms with Gasteiger partial charge >= 0.3 is 0 Å². The largest absolute Gasteiger partial charge is 0.388 e. The van der Waals surface area contributed by atoms with E-state index in [0.717, 1.165) is 17.5 Å². The minimum Gasteiger partial charge on any atom is -0.388 e. The second-order valence-electron chi connectivity index (χ2n) is 8.02. The molecule has 3 aromatic carbocycles. The van der Waals surface area contributed by atoms with E-state index in [-0.39, 0.29) is 18.4 Å². The monoisotopic (exact) mass is 385 g/mol. The smallest absolute Gasteiger partial charge is 0.221 e. The molecule has 2 N–H and O–H groups in total. The van der Waals surface area contributed by atoms with Gasteiger partial charge in [0.25, 0.3) is 0 Å². The van der Waals surface area contributed by atoms with Crippen LogP contribution in [0.15, 0.2) is 84.9 Å². The predicted molar refractivity (Wildman–Crippen MR) is 116 cm³/mol. The third kappa shape index (κ3) is 4.75. The molecule has 4 rings (SSSR count). The Morgan fingerprint density at radius 2 is 1.41 bits per heavy atom. The Labute approximate surface area is 172 Å². The Morgan fingerprint density at radius 1 is 0.862 bits per heavy atom. The van der Waals surface area contributed by atoms with E-state index in [1.54, 1.807) is 0 Å².